The lowest BCUT2D eigenvalue weighted by atomic mass is 10.2. The Kier molecular flexibility index (Phi) is 4.90. The van der Waals surface area contributed by atoms with Crippen molar-refractivity contribution in [2.45, 2.75) is 17.9 Å². The lowest BCUT2D eigenvalue weighted by Gasteiger charge is -2.23. The molecular formula is C18H18N2O6S. The van der Waals surface area contributed by atoms with Crippen molar-refractivity contribution in [3.05, 3.63) is 64.4 Å². The Balaban J connectivity index is 1.99. The third kappa shape index (κ3) is 3.38. The van der Waals surface area contributed by atoms with Crippen LogP contribution in [0.4, 0.5) is 5.69 Å². The number of rotatable bonds is 6. The molecule has 0 aliphatic carbocycles. The van der Waals surface area contributed by atoms with E-state index >= 15 is 0 Å². The minimum Gasteiger partial charge on any atom is -0.495 e. The van der Waals surface area contributed by atoms with Gasteiger partial charge in [0, 0.05) is 18.5 Å². The van der Waals surface area contributed by atoms with E-state index in [2.05, 4.69) is 0 Å². The number of ether oxygens (including phenoxy) is 1. The number of para-hydroxylation sites is 1. The molecule has 0 radical (unpaired) electrons. The van der Waals surface area contributed by atoms with E-state index in [4.69, 9.17) is 9.15 Å². The summed E-state index contributed by atoms with van der Waals surface area (Å²) in [5, 5.41) is 11.8. The van der Waals surface area contributed by atoms with E-state index < -0.39 is 21.0 Å². The second kappa shape index (κ2) is 7.01. The van der Waals surface area contributed by atoms with Crippen LogP contribution in [0.2, 0.25) is 0 Å². The van der Waals surface area contributed by atoms with Crippen molar-refractivity contribution >= 4 is 26.7 Å². The highest BCUT2D eigenvalue weighted by Crippen LogP contribution is 2.34. The van der Waals surface area contributed by atoms with Gasteiger partial charge in [-0.3, -0.25) is 10.1 Å². The van der Waals surface area contributed by atoms with Crippen LogP contribution in [0.15, 0.2) is 57.8 Å². The average molecular weight is 390 g/mol. The fourth-order valence-electron chi connectivity index (χ4n) is 2.73. The molecular weight excluding hydrogens is 372 g/mol. The molecule has 3 rings (SSSR count). The number of fused-ring (bicyclic) bond motifs is 1. The van der Waals surface area contributed by atoms with Gasteiger partial charge in [0.05, 0.1) is 24.1 Å². The minimum absolute atomic E-state index is 0.0899. The molecule has 9 heteroatoms. The van der Waals surface area contributed by atoms with Gasteiger partial charge in [-0.25, -0.2) is 8.42 Å². The molecule has 1 atom stereocenters. The van der Waals surface area contributed by atoms with E-state index in [0.717, 1.165) is 21.8 Å². The summed E-state index contributed by atoms with van der Waals surface area (Å²) in [6, 6.07) is 12.0. The van der Waals surface area contributed by atoms with Gasteiger partial charge in [0.25, 0.3) is 5.69 Å². The molecule has 0 spiro atoms. The van der Waals surface area contributed by atoms with Crippen molar-refractivity contribution in [2.24, 2.45) is 0 Å². The maximum absolute atomic E-state index is 13.1. The van der Waals surface area contributed by atoms with E-state index in [1.807, 2.05) is 18.2 Å². The number of methoxy groups -OCH3 is 1. The quantitative estimate of drug-likeness (QED) is 0.469. The molecule has 1 heterocycles. The van der Waals surface area contributed by atoms with E-state index in [1.165, 1.54) is 20.2 Å². The third-order valence-corrected chi connectivity index (χ3v) is 6.38. The van der Waals surface area contributed by atoms with E-state index in [0.29, 0.717) is 11.3 Å². The van der Waals surface area contributed by atoms with Crippen molar-refractivity contribution in [2.75, 3.05) is 14.2 Å². The topological polar surface area (TPSA) is 103 Å². The van der Waals surface area contributed by atoms with Crippen LogP contribution in [0.5, 0.6) is 5.75 Å². The van der Waals surface area contributed by atoms with Gasteiger partial charge in [-0.05, 0) is 25.1 Å². The summed E-state index contributed by atoms with van der Waals surface area (Å²) >= 11 is 0. The molecule has 0 saturated carbocycles. The molecule has 142 valence electrons. The zero-order chi connectivity index (χ0) is 19.8. The largest absolute Gasteiger partial charge is 0.495 e. The first-order valence-electron chi connectivity index (χ1n) is 8.04. The zero-order valence-corrected chi connectivity index (χ0v) is 15.8. The number of hydrogen-bond acceptors (Lipinski definition) is 6. The van der Waals surface area contributed by atoms with Crippen molar-refractivity contribution < 1.29 is 22.5 Å². The van der Waals surface area contributed by atoms with Gasteiger partial charge >= 0.3 is 0 Å². The molecule has 0 aliphatic rings. The number of non-ortho nitro benzene ring substituents is 1. The fourth-order valence-corrected chi connectivity index (χ4v) is 4.20. The monoisotopic (exact) mass is 390 g/mol. The van der Waals surface area contributed by atoms with Crippen LogP contribution in [0.3, 0.4) is 0 Å². The van der Waals surface area contributed by atoms with Crippen LogP contribution in [-0.4, -0.2) is 31.8 Å². The smallest absolute Gasteiger partial charge is 0.273 e. The van der Waals surface area contributed by atoms with Crippen LogP contribution < -0.4 is 4.74 Å². The lowest BCUT2D eigenvalue weighted by Crippen LogP contribution is -2.30. The third-order valence-electron chi connectivity index (χ3n) is 4.42. The predicted octanol–water partition coefficient (Wildman–Crippen LogP) is 3.73. The number of nitro benzene ring substituents is 1. The molecule has 3 aromatic rings. The molecule has 0 N–H and O–H groups in total. The van der Waals surface area contributed by atoms with Crippen LogP contribution >= 0.6 is 0 Å². The highest BCUT2D eigenvalue weighted by molar-refractivity contribution is 7.89. The number of nitrogens with zero attached hydrogens (tertiary/aromatic N) is 2. The first-order chi connectivity index (χ1) is 12.8. The molecule has 2 aromatic carbocycles. The maximum Gasteiger partial charge on any atom is 0.273 e. The normalized spacial score (nSPS) is 13.0. The summed E-state index contributed by atoms with van der Waals surface area (Å²) < 4.78 is 38.1. The van der Waals surface area contributed by atoms with Crippen molar-refractivity contribution in [1.82, 2.24) is 4.31 Å². The molecule has 0 saturated heterocycles. The van der Waals surface area contributed by atoms with Gasteiger partial charge in [0.1, 0.15) is 22.0 Å². The van der Waals surface area contributed by atoms with Gasteiger partial charge in [-0.15, -0.1) is 0 Å². The standard InChI is InChI=1S/C18H18N2O6S/c1-12(16-10-13-6-4-5-7-15(13)26-16)19(2)27(23,24)18-9-8-14(20(21)22)11-17(18)25-3/h4-12H,1-3H3. The van der Waals surface area contributed by atoms with Crippen molar-refractivity contribution in [3.8, 4) is 5.75 Å². The molecule has 0 fully saturated rings. The fraction of sp³-hybridized carbons (Fsp3) is 0.222. The lowest BCUT2D eigenvalue weighted by molar-refractivity contribution is -0.385. The summed E-state index contributed by atoms with van der Waals surface area (Å²) in [5.41, 5.74) is 0.414. The molecule has 0 amide bonds. The molecule has 0 bridgehead atoms. The average Bonchev–Trinajstić information content (AvgIpc) is 3.10. The first-order valence-corrected chi connectivity index (χ1v) is 9.48. The SMILES string of the molecule is COc1cc([N+](=O)[O-])ccc1S(=O)(=O)N(C)C(C)c1cc2ccccc2o1. The second-order valence-corrected chi connectivity index (χ2v) is 7.94. The second-order valence-electron chi connectivity index (χ2n) is 5.98. The number of sulfonamides is 1. The highest BCUT2D eigenvalue weighted by Gasteiger charge is 2.31. The van der Waals surface area contributed by atoms with Crippen LogP contribution in [0.1, 0.15) is 18.7 Å². The maximum atomic E-state index is 13.1. The Morgan fingerprint density at radius 1 is 1.19 bits per heavy atom. The van der Waals surface area contributed by atoms with E-state index in [1.54, 1.807) is 19.1 Å². The van der Waals surface area contributed by atoms with Crippen LogP contribution in [0, 0.1) is 10.1 Å². The molecule has 0 aliphatic heterocycles. The number of nitro groups is 1. The van der Waals surface area contributed by atoms with Gasteiger partial charge in [-0.2, -0.15) is 4.31 Å². The first kappa shape index (κ1) is 18.9. The summed E-state index contributed by atoms with van der Waals surface area (Å²) in [4.78, 5) is 10.2. The molecule has 1 unspecified atom stereocenters. The van der Waals surface area contributed by atoms with E-state index in [9.17, 15) is 18.5 Å². The molecule has 1 aromatic heterocycles. The molecule has 8 nitrogen and oxygen atoms in total. The van der Waals surface area contributed by atoms with E-state index in [-0.39, 0.29) is 16.3 Å². The summed E-state index contributed by atoms with van der Waals surface area (Å²) in [6.07, 6.45) is 0. The van der Waals surface area contributed by atoms with Gasteiger partial charge < -0.3 is 9.15 Å². The minimum atomic E-state index is -3.98. The zero-order valence-electron chi connectivity index (χ0n) is 14.9. The highest BCUT2D eigenvalue weighted by atomic mass is 32.2. The van der Waals surface area contributed by atoms with Crippen LogP contribution in [0.25, 0.3) is 11.0 Å². The number of hydrogen-bond donors (Lipinski definition) is 0. The van der Waals surface area contributed by atoms with Crippen molar-refractivity contribution in [3.63, 3.8) is 0 Å². The number of furan rings is 1. The Morgan fingerprint density at radius 2 is 1.89 bits per heavy atom. The van der Waals surface area contributed by atoms with Crippen molar-refractivity contribution in [1.29, 1.82) is 0 Å². The Bertz CT molecular complexity index is 1070. The van der Waals surface area contributed by atoms with Gasteiger partial charge in [0.15, 0.2) is 0 Å². The Morgan fingerprint density at radius 3 is 2.52 bits per heavy atom. The number of benzene rings is 2. The summed E-state index contributed by atoms with van der Waals surface area (Å²) in [5.74, 6) is 0.399. The Labute approximate surface area is 156 Å². The summed E-state index contributed by atoms with van der Waals surface area (Å²) in [6.45, 7) is 1.70. The van der Waals surface area contributed by atoms with Gasteiger partial charge in [0.2, 0.25) is 10.0 Å². The van der Waals surface area contributed by atoms with Gasteiger partial charge in [-0.1, -0.05) is 18.2 Å². The Hall–Kier alpha value is -2.91. The predicted molar refractivity (Wildman–Crippen MR) is 99.2 cm³/mol. The molecule has 27 heavy (non-hydrogen) atoms. The van der Waals surface area contributed by atoms with Crippen LogP contribution in [-0.2, 0) is 10.0 Å². The summed E-state index contributed by atoms with van der Waals surface area (Å²) in [7, 11) is -1.29.